The van der Waals surface area contributed by atoms with Crippen molar-refractivity contribution in [3.63, 3.8) is 0 Å². The van der Waals surface area contributed by atoms with Gasteiger partial charge in [0.25, 0.3) is 0 Å². The van der Waals surface area contributed by atoms with E-state index in [1.807, 2.05) is 12.1 Å². The van der Waals surface area contributed by atoms with Gasteiger partial charge in [-0.3, -0.25) is 19.2 Å². The van der Waals surface area contributed by atoms with E-state index in [2.05, 4.69) is 23.8 Å². The Hall–Kier alpha value is -2.88. The molecule has 0 radical (unpaired) electrons. The van der Waals surface area contributed by atoms with Crippen molar-refractivity contribution in [1.29, 1.82) is 0 Å². The molecule has 1 aromatic carbocycles. The number of thiophene rings is 3. The van der Waals surface area contributed by atoms with Crippen LogP contribution in [0.3, 0.4) is 0 Å². The van der Waals surface area contributed by atoms with Crippen molar-refractivity contribution in [2.75, 3.05) is 0 Å². The molecular formula is C32H28N2O4S3. The quantitative estimate of drug-likeness (QED) is 0.233. The number of carbonyl (C=O) groups excluding carboxylic acids is 4. The first-order valence-electron chi connectivity index (χ1n) is 14.5. The Labute approximate surface area is 248 Å². The molecule has 3 heterocycles. The first kappa shape index (κ1) is 25.8. The van der Waals surface area contributed by atoms with E-state index in [4.69, 9.17) is 0 Å². The van der Waals surface area contributed by atoms with E-state index >= 15 is 0 Å². The molecule has 0 saturated heterocycles. The number of fused-ring (bicyclic) bond motifs is 6. The average molecular weight is 601 g/mol. The molecule has 9 heteroatoms. The molecule has 6 nitrogen and oxygen atoms in total. The van der Waals surface area contributed by atoms with Crippen LogP contribution in [0.15, 0.2) is 22.1 Å². The number of rotatable bonds is 2. The Morgan fingerprint density at radius 3 is 1.56 bits per heavy atom. The highest BCUT2D eigenvalue weighted by Gasteiger charge is 2.48. The summed E-state index contributed by atoms with van der Waals surface area (Å²) in [7, 11) is 0. The molecule has 0 amide bonds. The van der Waals surface area contributed by atoms with Crippen molar-refractivity contribution in [2.45, 2.75) is 65.2 Å². The zero-order valence-electron chi connectivity index (χ0n) is 22.9. The van der Waals surface area contributed by atoms with Crippen LogP contribution in [0, 0.1) is 37.5 Å². The fourth-order valence-electron chi connectivity index (χ4n) is 7.67. The smallest absolute Gasteiger partial charge is 0.188 e. The molecule has 4 saturated carbocycles. The predicted octanol–water partition coefficient (Wildman–Crippen LogP) is 8.01. The van der Waals surface area contributed by atoms with Gasteiger partial charge in [0.2, 0.25) is 0 Å². The summed E-state index contributed by atoms with van der Waals surface area (Å²) in [6, 6.07) is 4.04. The van der Waals surface area contributed by atoms with Crippen LogP contribution in [0.5, 0.6) is 0 Å². The molecule has 4 fully saturated rings. The maximum absolute atomic E-state index is 13.0. The number of Topliss-reactive ketones (excluding diaryl/α,β-unsaturated/α-hetero) is 4. The number of hydrogen-bond acceptors (Lipinski definition) is 9. The van der Waals surface area contributed by atoms with E-state index in [1.165, 1.54) is 21.4 Å². The maximum Gasteiger partial charge on any atom is 0.188 e. The van der Waals surface area contributed by atoms with Crippen molar-refractivity contribution in [3.05, 3.63) is 23.3 Å². The lowest BCUT2D eigenvalue weighted by atomic mass is 9.81. The summed E-state index contributed by atoms with van der Waals surface area (Å²) in [4.78, 5) is 61.4. The van der Waals surface area contributed by atoms with Crippen molar-refractivity contribution in [1.82, 2.24) is 0 Å². The third-order valence-electron chi connectivity index (χ3n) is 9.79. The molecule has 0 aliphatic heterocycles. The fourth-order valence-corrected chi connectivity index (χ4v) is 11.4. The van der Waals surface area contributed by atoms with Gasteiger partial charge in [-0.1, -0.05) is 25.7 Å². The molecule has 41 heavy (non-hydrogen) atoms. The normalized spacial score (nSPS) is 26.6. The summed E-state index contributed by atoms with van der Waals surface area (Å²) in [6.45, 7) is 4.23. The standard InChI is InChI=1S/C32H28N2O4S3/c1-13-19-11-21(33-24-26(35)15-7-3-4-8-16(15)27(24)36)40-30(19)14(2)23-31(13)39-20-12-22(41-32(20)23)34-25-28(37)17-9-5-6-10-18(17)29(25)38/h11-12,15-18H,3-10H2,1-2H3. The van der Waals surface area contributed by atoms with Gasteiger partial charge in [0.05, 0.1) is 4.70 Å². The number of carbonyl (C=O) groups is 4. The molecule has 0 N–H and O–H groups in total. The summed E-state index contributed by atoms with van der Waals surface area (Å²) in [5.41, 5.74) is 2.59. The van der Waals surface area contributed by atoms with Crippen LogP contribution >= 0.6 is 34.0 Å². The summed E-state index contributed by atoms with van der Waals surface area (Å²) >= 11 is 4.78. The van der Waals surface area contributed by atoms with E-state index < -0.39 is 0 Å². The Morgan fingerprint density at radius 1 is 0.585 bits per heavy atom. The monoisotopic (exact) mass is 600 g/mol. The molecule has 8 rings (SSSR count). The number of aliphatic imine (C=N–C) groups is 2. The molecule has 208 valence electrons. The number of nitrogens with zero attached hydrogens (tertiary/aromatic N) is 2. The number of benzene rings is 1. The van der Waals surface area contributed by atoms with Gasteiger partial charge in [0, 0.05) is 43.2 Å². The SMILES string of the molecule is Cc1c2cc(N=C3C(=O)C4CCCCC4C3=O)sc2c(C)c2c1sc1cc(N=C3C(=O)C4CCCCC4C3=O)sc12. The van der Waals surface area contributed by atoms with Crippen LogP contribution in [-0.2, 0) is 19.2 Å². The second kappa shape index (κ2) is 9.31. The Morgan fingerprint density at radius 2 is 1.05 bits per heavy atom. The highest BCUT2D eigenvalue weighted by atomic mass is 32.1. The Balaban J connectivity index is 1.20. The third-order valence-corrected chi connectivity index (χ3v) is 13.4. The van der Waals surface area contributed by atoms with Crippen LogP contribution in [0.1, 0.15) is 62.5 Å². The van der Waals surface area contributed by atoms with Crippen LogP contribution in [-0.4, -0.2) is 34.6 Å². The van der Waals surface area contributed by atoms with Gasteiger partial charge in [-0.25, -0.2) is 9.98 Å². The second-order valence-corrected chi connectivity index (χ2v) is 15.1. The first-order valence-corrected chi connectivity index (χ1v) is 17.0. The van der Waals surface area contributed by atoms with E-state index in [-0.39, 0.29) is 58.2 Å². The predicted molar refractivity (Wildman–Crippen MR) is 167 cm³/mol. The van der Waals surface area contributed by atoms with Gasteiger partial charge in [-0.2, -0.15) is 0 Å². The van der Waals surface area contributed by atoms with Crippen molar-refractivity contribution < 1.29 is 19.2 Å². The minimum Gasteiger partial charge on any atom is -0.292 e. The maximum atomic E-state index is 13.0. The zero-order chi connectivity index (χ0) is 28.2. The lowest BCUT2D eigenvalue weighted by molar-refractivity contribution is -0.120. The summed E-state index contributed by atoms with van der Waals surface area (Å²) in [5.74, 6) is -0.985. The number of ketones is 4. The van der Waals surface area contributed by atoms with Crippen LogP contribution < -0.4 is 0 Å². The summed E-state index contributed by atoms with van der Waals surface area (Å²) in [5, 5.41) is 3.69. The van der Waals surface area contributed by atoms with Gasteiger partial charge < -0.3 is 0 Å². The Kier molecular flexibility index (Phi) is 5.86. The molecule has 4 aromatic rings. The topological polar surface area (TPSA) is 93.0 Å². The minimum atomic E-state index is -0.179. The van der Waals surface area contributed by atoms with E-state index in [0.29, 0.717) is 10.0 Å². The van der Waals surface area contributed by atoms with Crippen LogP contribution in [0.2, 0.25) is 0 Å². The van der Waals surface area contributed by atoms with Gasteiger partial charge in [0.15, 0.2) is 34.6 Å². The fraction of sp³-hybridized carbons (Fsp3) is 0.438. The second-order valence-electron chi connectivity index (χ2n) is 12.0. The summed E-state index contributed by atoms with van der Waals surface area (Å²) in [6.07, 6.45) is 7.20. The molecule has 0 spiro atoms. The number of aryl methyl sites for hydroxylation is 2. The highest BCUT2D eigenvalue weighted by Crippen LogP contribution is 2.50. The zero-order valence-corrected chi connectivity index (χ0v) is 25.3. The molecule has 4 aliphatic rings. The molecule has 3 aromatic heterocycles. The lowest BCUT2D eigenvalue weighted by Crippen LogP contribution is -2.21. The van der Waals surface area contributed by atoms with E-state index in [9.17, 15) is 19.2 Å². The van der Waals surface area contributed by atoms with E-state index in [0.717, 1.165) is 82.0 Å². The molecule has 4 atom stereocenters. The largest absolute Gasteiger partial charge is 0.292 e. The number of hydrogen-bond donors (Lipinski definition) is 0. The first-order chi connectivity index (χ1) is 19.8. The van der Waals surface area contributed by atoms with Gasteiger partial charge >= 0.3 is 0 Å². The van der Waals surface area contributed by atoms with Gasteiger partial charge in [-0.05, 0) is 68.2 Å². The molecule has 0 bridgehead atoms. The molecular weight excluding hydrogens is 573 g/mol. The van der Waals surface area contributed by atoms with Crippen molar-refractivity contribution in [2.24, 2.45) is 33.7 Å². The van der Waals surface area contributed by atoms with Gasteiger partial charge in [0.1, 0.15) is 10.0 Å². The lowest BCUT2D eigenvalue weighted by Gasteiger charge is -2.20. The van der Waals surface area contributed by atoms with Crippen molar-refractivity contribution >= 4 is 108 Å². The van der Waals surface area contributed by atoms with E-state index in [1.54, 1.807) is 22.7 Å². The van der Waals surface area contributed by atoms with Gasteiger partial charge in [-0.15, -0.1) is 34.0 Å². The molecule has 4 unspecified atom stereocenters. The average Bonchev–Trinajstić information content (AvgIpc) is 3.76. The Bertz CT molecular complexity index is 1880. The van der Waals surface area contributed by atoms with Crippen LogP contribution in [0.25, 0.3) is 29.6 Å². The highest BCUT2D eigenvalue weighted by molar-refractivity contribution is 7.34. The summed E-state index contributed by atoms with van der Waals surface area (Å²) < 4.78 is 4.53. The minimum absolute atomic E-state index is 0.0683. The third kappa shape index (κ3) is 3.71. The van der Waals surface area contributed by atoms with Crippen LogP contribution in [0.4, 0.5) is 10.0 Å². The molecule has 4 aliphatic carbocycles. The van der Waals surface area contributed by atoms with Crippen molar-refractivity contribution in [3.8, 4) is 0 Å².